The van der Waals surface area contributed by atoms with Gasteiger partial charge in [0.25, 0.3) is 0 Å². The Morgan fingerprint density at radius 2 is 0.712 bits per heavy atom. The molecule has 17 rings (SSSR count). The Bertz CT molecular complexity index is 6520. The summed E-state index contributed by atoms with van der Waals surface area (Å²) in [7, 11) is -4.77. The van der Waals surface area contributed by atoms with Gasteiger partial charge in [-0.05, 0) is 323 Å². The first-order chi connectivity index (χ1) is 70.4. The van der Waals surface area contributed by atoms with Crippen LogP contribution < -0.4 is 18.9 Å². The highest BCUT2D eigenvalue weighted by Crippen LogP contribution is 2.47. The molecule has 764 valence electrons. The number of phenolic OH excluding ortho intramolecular Hbond substituents is 2. The standard InChI is InChI=1S/C29H30O4.C21H30O4.C21H20O2.C19H17S.C17H18O5S.2C10H14O/c1-4-20(2)22-13-15-25(16-14-22)33-29(19-31-21(3)30)32-18-28-26-11-7-5-9-23(26)17-24-10-6-8-12-27(24)28;1-4-14(2)17-7-9-19(10-8-17)24-21(13-23-15(3)22)25-20-12-16-5-6-18(20)11-16;1-3-15(2)16-11-13-18(14-12-16)23-21(22)20-10-6-8-17-7-4-5-9-19(17)20;1-16-12-14-19(15-13-16)20(17-8-4-2-5-9-17)18-10-6-3-7-11-18;1-3-12(2)13-8-10-14(11-9-13)22-17(18)15-6-4-5-7-16(15)23(19,20)21;2*1-3-8(2)9-4-6-10(11)7-5-9/h5-17,20,29H,4,18-19H2,1-3H3;7-10,14,16,18,20-21H,4-6,11-13H2,1-3H3;4-15H,3H2,1-2H3;2-15H,1H3;4-12H,3H2,1-2H3,(H,19,20,21);2*4-8,11H,3H2,1-2H3/q;;;+1;;;/p-1. The molecule has 2 aliphatic carbocycles. The molecule has 2 bridgehead atoms. The van der Waals surface area contributed by atoms with E-state index >= 15 is 0 Å². The number of carbonyl (C=O) groups is 4. The van der Waals surface area contributed by atoms with Gasteiger partial charge in [-0.15, -0.1) is 0 Å². The summed E-state index contributed by atoms with van der Waals surface area (Å²) in [4.78, 5) is 50.8. The van der Waals surface area contributed by atoms with E-state index in [1.54, 1.807) is 42.5 Å². The molecule has 2 N–H and O–H groups in total. The van der Waals surface area contributed by atoms with Crippen LogP contribution in [0, 0.1) is 18.8 Å². The van der Waals surface area contributed by atoms with Gasteiger partial charge in [-0.25, -0.2) is 18.0 Å². The van der Waals surface area contributed by atoms with Crippen LogP contribution in [0.1, 0.15) is 262 Å². The maximum absolute atomic E-state index is 12.5. The molecule has 2 fully saturated rings. The zero-order chi connectivity index (χ0) is 105. The Labute approximate surface area is 867 Å². The number of rotatable bonds is 33. The van der Waals surface area contributed by atoms with Crippen molar-refractivity contribution in [3.8, 4) is 34.5 Å². The van der Waals surface area contributed by atoms with Crippen LogP contribution in [-0.2, 0) is 56.2 Å². The van der Waals surface area contributed by atoms with Crippen molar-refractivity contribution < 1.29 is 80.3 Å². The highest BCUT2D eigenvalue weighted by molar-refractivity contribution is 7.97. The maximum atomic E-state index is 12.5. The van der Waals surface area contributed by atoms with Crippen molar-refractivity contribution in [1.82, 2.24) is 0 Å². The quantitative estimate of drug-likeness (QED) is 0.00970. The molecule has 2 saturated carbocycles. The van der Waals surface area contributed by atoms with Gasteiger partial charge in [0, 0.05) is 13.8 Å². The first kappa shape index (κ1) is 113. The van der Waals surface area contributed by atoms with Crippen LogP contribution in [0.4, 0.5) is 0 Å². The molecule has 0 heterocycles. The Morgan fingerprint density at radius 3 is 1.11 bits per heavy atom. The summed E-state index contributed by atoms with van der Waals surface area (Å²) >= 11 is 0. The first-order valence-electron chi connectivity index (χ1n) is 51.1. The van der Waals surface area contributed by atoms with E-state index in [-0.39, 0.29) is 53.7 Å². The fourth-order valence-electron chi connectivity index (χ4n) is 17.2. The topological polar surface area (TPSA) is 240 Å². The van der Waals surface area contributed by atoms with Crippen LogP contribution in [-0.4, -0.2) is 79.0 Å². The lowest BCUT2D eigenvalue weighted by Gasteiger charge is -2.28. The monoisotopic (exact) mass is 2000 g/mol. The number of ether oxygens (including phenoxy) is 8. The number of aryl methyl sites for hydroxylation is 1. The molecule has 11 unspecified atom stereocenters. The van der Waals surface area contributed by atoms with Crippen LogP contribution in [0.2, 0.25) is 0 Å². The van der Waals surface area contributed by atoms with Crippen molar-refractivity contribution in [1.29, 1.82) is 0 Å². The van der Waals surface area contributed by atoms with Crippen molar-refractivity contribution in [3.63, 3.8) is 0 Å². The van der Waals surface area contributed by atoms with E-state index in [0.717, 1.165) is 106 Å². The number of hydrogen-bond acceptors (Lipinski definition) is 17. The molecule has 15 aromatic carbocycles. The molecule has 0 spiro atoms. The maximum Gasteiger partial charge on any atom is 0.344 e. The Balaban J connectivity index is 0.000000166. The number of phenols is 2. The fourth-order valence-corrected chi connectivity index (χ4v) is 19.9. The molecule has 0 aromatic heterocycles. The Kier molecular flexibility index (Phi) is 44.2. The molecule has 0 amide bonds. The van der Waals surface area contributed by atoms with Gasteiger partial charge in [0.05, 0.1) is 39.6 Å². The van der Waals surface area contributed by atoms with E-state index in [4.69, 9.17) is 48.1 Å². The second-order valence-electron chi connectivity index (χ2n) is 37.5. The van der Waals surface area contributed by atoms with Crippen LogP contribution in [0.15, 0.2) is 371 Å². The van der Waals surface area contributed by atoms with Gasteiger partial charge in [0.15, 0.2) is 27.9 Å². The zero-order valence-corrected chi connectivity index (χ0v) is 88.5. The summed E-state index contributed by atoms with van der Waals surface area (Å²) in [6.07, 6.45) is 10.5. The fraction of sp³-hybridized carbons (Fsp3) is 0.307. The van der Waals surface area contributed by atoms with Gasteiger partial charge in [-0.2, -0.15) is 0 Å². The predicted octanol–water partition coefficient (Wildman–Crippen LogP) is 31.5. The summed E-state index contributed by atoms with van der Waals surface area (Å²) in [5, 5.41) is 24.6. The van der Waals surface area contributed by atoms with E-state index in [1.165, 1.54) is 99.4 Å². The summed E-state index contributed by atoms with van der Waals surface area (Å²) in [6.45, 7) is 31.4. The van der Waals surface area contributed by atoms with Gasteiger partial charge in [0.1, 0.15) is 44.6 Å². The van der Waals surface area contributed by atoms with Crippen molar-refractivity contribution >= 4 is 77.2 Å². The molecule has 0 radical (unpaired) electrons. The second-order valence-corrected chi connectivity index (χ2v) is 40.8. The predicted molar refractivity (Wildman–Crippen MR) is 587 cm³/mol. The summed E-state index contributed by atoms with van der Waals surface area (Å²) in [5.74, 6) is 5.69. The number of esters is 4. The van der Waals surface area contributed by atoms with Gasteiger partial charge in [-0.1, -0.05) is 307 Å². The SMILES string of the molecule is CCC(C)c1ccc(O)cc1.CCC(C)c1ccc(O)cc1.CCC(C)c1ccc(OC(=O)c2cccc3ccccc23)cc1.CCC(C)c1ccc(OC(=O)c2ccccc2S(=O)(=O)[O-])cc1.CCC(C)c1ccc(OC(COC(C)=O)OC2CC3CCC2C3)cc1.CCC(C)c1ccc(OC(COC(C)=O)OCc2c3ccccc3cc3ccccc23)cc1.Cc1ccc([S+](c2ccccc2)c2ccccc2)cc1. The normalized spacial score (nSPS) is 14.9. The smallest absolute Gasteiger partial charge is 0.344 e. The van der Waals surface area contributed by atoms with E-state index in [1.807, 2.05) is 146 Å². The van der Waals surface area contributed by atoms with Gasteiger partial charge >= 0.3 is 23.9 Å². The largest absolute Gasteiger partial charge is 0.744 e. The van der Waals surface area contributed by atoms with Crippen LogP contribution >= 0.6 is 0 Å². The second kappa shape index (κ2) is 57.3. The minimum absolute atomic E-state index is 0.0190. The molecule has 11 atom stereocenters. The minimum Gasteiger partial charge on any atom is -0.744 e. The van der Waals surface area contributed by atoms with Crippen molar-refractivity contribution in [2.75, 3.05) is 13.2 Å². The third-order valence-corrected chi connectivity index (χ3v) is 30.2. The highest BCUT2D eigenvalue weighted by Gasteiger charge is 2.42. The van der Waals surface area contributed by atoms with Crippen LogP contribution in [0.5, 0.6) is 34.5 Å². The third-order valence-electron chi connectivity index (χ3n) is 27.1. The molecule has 146 heavy (non-hydrogen) atoms. The molecular formula is C127H142O17S2. The van der Waals surface area contributed by atoms with Gasteiger partial charge in [-0.3, -0.25) is 9.59 Å². The number of aromatic hydroxyl groups is 2. The van der Waals surface area contributed by atoms with E-state index in [2.05, 4.69) is 230 Å². The number of benzene rings is 15. The van der Waals surface area contributed by atoms with Crippen LogP contribution in [0.3, 0.4) is 0 Å². The molecule has 2 aliphatic rings. The molecule has 15 aromatic rings. The number of fused-ring (bicyclic) bond motifs is 5. The molecule has 0 saturated heterocycles. The molecule has 0 aliphatic heterocycles. The lowest BCUT2D eigenvalue weighted by molar-refractivity contribution is -0.174. The third kappa shape index (κ3) is 34.2. The molecule has 17 nitrogen and oxygen atoms in total. The summed E-state index contributed by atoms with van der Waals surface area (Å²) < 4.78 is 79.2. The number of hydrogen-bond donors (Lipinski definition) is 2. The van der Waals surface area contributed by atoms with Crippen molar-refractivity contribution in [2.45, 2.75) is 248 Å². The van der Waals surface area contributed by atoms with Gasteiger partial charge in [0.2, 0.25) is 12.6 Å². The minimum atomic E-state index is -4.74. The molecular weight excluding hydrogens is 1860 g/mol. The van der Waals surface area contributed by atoms with Crippen molar-refractivity contribution in [3.05, 3.63) is 407 Å². The molecule has 19 heteroatoms. The van der Waals surface area contributed by atoms with Crippen molar-refractivity contribution in [2.24, 2.45) is 11.8 Å². The van der Waals surface area contributed by atoms with E-state index < -0.39 is 33.6 Å². The van der Waals surface area contributed by atoms with E-state index in [0.29, 0.717) is 82.3 Å². The lowest BCUT2D eigenvalue weighted by atomic mass is 9.97. The average molecular weight is 2000 g/mol. The first-order valence-corrected chi connectivity index (χ1v) is 53.7. The Hall–Kier alpha value is -13.7. The zero-order valence-electron chi connectivity index (χ0n) is 86.9. The summed E-state index contributed by atoms with van der Waals surface area (Å²) in [6, 6.07) is 114. The van der Waals surface area contributed by atoms with E-state index in [9.17, 15) is 32.1 Å². The lowest BCUT2D eigenvalue weighted by Crippen LogP contribution is -2.34. The van der Waals surface area contributed by atoms with Crippen LogP contribution in [0.25, 0.3) is 32.3 Å². The Morgan fingerprint density at radius 1 is 0.370 bits per heavy atom. The average Bonchev–Trinajstić information content (AvgIpc) is 1.00. The summed E-state index contributed by atoms with van der Waals surface area (Å²) in [5.41, 5.74) is 10.3. The number of carbonyl (C=O) groups excluding carboxylic acids is 4. The van der Waals surface area contributed by atoms with Gasteiger partial charge < -0.3 is 52.7 Å². The highest BCUT2D eigenvalue weighted by atomic mass is 32.2.